The van der Waals surface area contributed by atoms with Crippen molar-refractivity contribution in [2.45, 2.75) is 19.6 Å². The van der Waals surface area contributed by atoms with Gasteiger partial charge in [-0.25, -0.2) is 0 Å². The summed E-state index contributed by atoms with van der Waals surface area (Å²) in [6.45, 7) is 2.46. The van der Waals surface area contributed by atoms with Crippen LogP contribution in [-0.2, 0) is 11.3 Å². The van der Waals surface area contributed by atoms with Gasteiger partial charge >= 0.3 is 0 Å². The van der Waals surface area contributed by atoms with Gasteiger partial charge in [-0.05, 0) is 24.6 Å². The Morgan fingerprint density at radius 2 is 2.00 bits per heavy atom. The second-order valence-electron chi connectivity index (χ2n) is 3.34. The Bertz CT molecular complexity index is 357. The molecule has 1 aromatic rings. The first-order valence-corrected chi connectivity index (χ1v) is 5.09. The summed E-state index contributed by atoms with van der Waals surface area (Å²) in [6, 6.07) is 7.67. The molecular weight excluding hydrogens is 204 g/mol. The Morgan fingerprint density at radius 1 is 1.31 bits per heavy atom. The highest BCUT2D eigenvalue weighted by Crippen LogP contribution is 2.11. The molecule has 0 saturated heterocycles. The zero-order valence-electron chi connectivity index (χ0n) is 9.56. The van der Waals surface area contributed by atoms with E-state index < -0.39 is 6.10 Å². The fraction of sp³-hybridized carbons (Fsp3) is 0.385. The third kappa shape index (κ3) is 4.83. The Morgan fingerprint density at radius 3 is 2.56 bits per heavy atom. The lowest BCUT2D eigenvalue weighted by molar-refractivity contribution is 0.153. The fourth-order valence-corrected chi connectivity index (χ4v) is 1.13. The van der Waals surface area contributed by atoms with Gasteiger partial charge in [-0.1, -0.05) is 24.0 Å². The standard InChI is InChI=1S/C13H16O3/c1-11(14)4-3-9-16-10-12-5-7-13(15-2)8-6-12/h5-8,11,14H,9-10H2,1-2H3. The second kappa shape index (κ2) is 6.89. The van der Waals surface area contributed by atoms with Gasteiger partial charge < -0.3 is 14.6 Å². The van der Waals surface area contributed by atoms with E-state index in [1.807, 2.05) is 24.3 Å². The van der Waals surface area contributed by atoms with Crippen LogP contribution in [0, 0.1) is 11.8 Å². The van der Waals surface area contributed by atoms with Crippen LogP contribution in [0.1, 0.15) is 12.5 Å². The van der Waals surface area contributed by atoms with Crippen LogP contribution >= 0.6 is 0 Å². The maximum absolute atomic E-state index is 8.88. The van der Waals surface area contributed by atoms with Gasteiger partial charge in [0.05, 0.1) is 13.7 Å². The van der Waals surface area contributed by atoms with E-state index in [9.17, 15) is 0 Å². The molecule has 16 heavy (non-hydrogen) atoms. The topological polar surface area (TPSA) is 38.7 Å². The van der Waals surface area contributed by atoms with Crippen LogP contribution in [0.3, 0.4) is 0 Å². The van der Waals surface area contributed by atoms with E-state index >= 15 is 0 Å². The molecular formula is C13H16O3. The van der Waals surface area contributed by atoms with Crippen molar-refractivity contribution in [3.8, 4) is 17.6 Å². The summed E-state index contributed by atoms with van der Waals surface area (Å²) in [7, 11) is 1.64. The highest BCUT2D eigenvalue weighted by Gasteiger charge is 1.93. The lowest BCUT2D eigenvalue weighted by Crippen LogP contribution is -1.96. The number of hydrogen-bond donors (Lipinski definition) is 1. The van der Waals surface area contributed by atoms with E-state index in [1.54, 1.807) is 14.0 Å². The molecule has 0 spiro atoms. The molecule has 1 rings (SSSR count). The van der Waals surface area contributed by atoms with Crippen LogP contribution in [0.2, 0.25) is 0 Å². The molecule has 1 aromatic carbocycles. The molecule has 1 N–H and O–H groups in total. The summed E-state index contributed by atoms with van der Waals surface area (Å²) >= 11 is 0. The molecule has 0 heterocycles. The molecule has 3 heteroatoms. The maximum atomic E-state index is 8.88. The first-order valence-electron chi connectivity index (χ1n) is 5.09. The molecule has 0 aliphatic carbocycles. The van der Waals surface area contributed by atoms with E-state index in [0.29, 0.717) is 13.2 Å². The third-order valence-corrected chi connectivity index (χ3v) is 1.91. The van der Waals surface area contributed by atoms with Gasteiger partial charge in [0.15, 0.2) is 0 Å². The van der Waals surface area contributed by atoms with Crippen molar-refractivity contribution < 1.29 is 14.6 Å². The van der Waals surface area contributed by atoms with Gasteiger partial charge in [0, 0.05) is 0 Å². The van der Waals surface area contributed by atoms with E-state index in [-0.39, 0.29) is 0 Å². The van der Waals surface area contributed by atoms with Crippen LogP contribution in [-0.4, -0.2) is 24.9 Å². The monoisotopic (exact) mass is 220 g/mol. The van der Waals surface area contributed by atoms with Crippen molar-refractivity contribution >= 4 is 0 Å². The summed E-state index contributed by atoms with van der Waals surface area (Å²) in [5.74, 6) is 6.17. The number of methoxy groups -OCH3 is 1. The SMILES string of the molecule is COc1ccc(COCC#CC(C)O)cc1. The molecule has 0 saturated carbocycles. The van der Waals surface area contributed by atoms with Gasteiger partial charge in [0.2, 0.25) is 0 Å². The van der Waals surface area contributed by atoms with E-state index in [4.69, 9.17) is 14.6 Å². The number of aliphatic hydroxyl groups is 1. The molecule has 0 aliphatic rings. The Hall–Kier alpha value is -1.50. The molecule has 0 radical (unpaired) electrons. The third-order valence-electron chi connectivity index (χ3n) is 1.91. The lowest BCUT2D eigenvalue weighted by Gasteiger charge is -2.02. The zero-order chi connectivity index (χ0) is 11.8. The normalized spacial score (nSPS) is 11.4. The fourth-order valence-electron chi connectivity index (χ4n) is 1.13. The largest absolute Gasteiger partial charge is 0.497 e. The lowest BCUT2D eigenvalue weighted by atomic mass is 10.2. The smallest absolute Gasteiger partial charge is 0.118 e. The van der Waals surface area contributed by atoms with Crippen molar-refractivity contribution in [1.82, 2.24) is 0 Å². The Labute approximate surface area is 96.0 Å². The summed E-state index contributed by atoms with van der Waals surface area (Å²) in [4.78, 5) is 0. The van der Waals surface area contributed by atoms with Crippen LogP contribution in [0.4, 0.5) is 0 Å². The molecule has 0 aliphatic heterocycles. The first-order chi connectivity index (χ1) is 7.72. The number of hydrogen-bond acceptors (Lipinski definition) is 3. The predicted molar refractivity (Wildman–Crippen MR) is 62.1 cm³/mol. The quantitative estimate of drug-likeness (QED) is 0.618. The van der Waals surface area contributed by atoms with Crippen LogP contribution in [0.5, 0.6) is 5.75 Å². The molecule has 1 atom stereocenters. The summed E-state index contributed by atoms with van der Waals surface area (Å²) < 4.78 is 10.4. The van der Waals surface area contributed by atoms with Crippen molar-refractivity contribution in [2.75, 3.05) is 13.7 Å². The minimum atomic E-state index is -0.593. The summed E-state index contributed by atoms with van der Waals surface area (Å²) in [6.07, 6.45) is -0.593. The summed E-state index contributed by atoms with van der Waals surface area (Å²) in [5, 5.41) is 8.88. The number of ether oxygens (including phenoxy) is 2. The highest BCUT2D eigenvalue weighted by atomic mass is 16.5. The minimum absolute atomic E-state index is 0.330. The molecule has 86 valence electrons. The van der Waals surface area contributed by atoms with Crippen molar-refractivity contribution in [2.24, 2.45) is 0 Å². The predicted octanol–water partition coefficient (Wildman–Crippen LogP) is 1.60. The molecule has 0 fully saturated rings. The number of rotatable bonds is 4. The van der Waals surface area contributed by atoms with Gasteiger partial charge in [-0.2, -0.15) is 0 Å². The summed E-state index contributed by atoms with van der Waals surface area (Å²) in [5.41, 5.74) is 1.07. The van der Waals surface area contributed by atoms with E-state index in [2.05, 4.69) is 11.8 Å². The van der Waals surface area contributed by atoms with Gasteiger partial charge in [-0.15, -0.1) is 0 Å². The average molecular weight is 220 g/mol. The Kier molecular flexibility index (Phi) is 5.41. The van der Waals surface area contributed by atoms with Gasteiger partial charge in [0.1, 0.15) is 18.5 Å². The minimum Gasteiger partial charge on any atom is -0.497 e. The van der Waals surface area contributed by atoms with Gasteiger partial charge in [0.25, 0.3) is 0 Å². The van der Waals surface area contributed by atoms with E-state index in [1.165, 1.54) is 0 Å². The Balaban J connectivity index is 2.30. The van der Waals surface area contributed by atoms with Crippen molar-refractivity contribution in [3.63, 3.8) is 0 Å². The highest BCUT2D eigenvalue weighted by molar-refractivity contribution is 5.26. The number of aliphatic hydroxyl groups excluding tert-OH is 1. The van der Waals surface area contributed by atoms with Gasteiger partial charge in [-0.3, -0.25) is 0 Å². The molecule has 0 aromatic heterocycles. The molecule has 1 unspecified atom stereocenters. The van der Waals surface area contributed by atoms with Crippen LogP contribution in [0.25, 0.3) is 0 Å². The van der Waals surface area contributed by atoms with Crippen molar-refractivity contribution in [3.05, 3.63) is 29.8 Å². The molecule has 3 nitrogen and oxygen atoms in total. The maximum Gasteiger partial charge on any atom is 0.118 e. The van der Waals surface area contributed by atoms with E-state index in [0.717, 1.165) is 11.3 Å². The van der Waals surface area contributed by atoms with Crippen molar-refractivity contribution in [1.29, 1.82) is 0 Å². The second-order valence-corrected chi connectivity index (χ2v) is 3.34. The molecule has 0 bridgehead atoms. The molecule has 0 amide bonds. The van der Waals surface area contributed by atoms with Crippen LogP contribution < -0.4 is 4.74 Å². The first kappa shape index (κ1) is 12.6. The zero-order valence-corrected chi connectivity index (χ0v) is 9.56. The number of benzene rings is 1. The average Bonchev–Trinajstić information content (AvgIpc) is 2.29. The van der Waals surface area contributed by atoms with Crippen LogP contribution in [0.15, 0.2) is 24.3 Å².